The predicted molar refractivity (Wildman–Crippen MR) is 76.3 cm³/mol. The minimum Gasteiger partial charge on any atom is -0.296 e. The highest BCUT2D eigenvalue weighted by Gasteiger charge is 2.22. The average Bonchev–Trinajstić information content (AvgIpc) is 2.86. The lowest BCUT2D eigenvalue weighted by Gasteiger charge is -2.09. The van der Waals surface area contributed by atoms with Crippen LogP contribution in [0.5, 0.6) is 0 Å². The molecule has 0 radical (unpaired) electrons. The van der Waals surface area contributed by atoms with E-state index < -0.39 is 15.8 Å². The summed E-state index contributed by atoms with van der Waals surface area (Å²) in [5.74, 6) is -0.567. The van der Waals surface area contributed by atoms with Crippen LogP contribution in [0.15, 0.2) is 59.5 Å². The SMILES string of the molecule is O=Cc1cc2ccc(F)cc2n1S(=O)(=O)c1ccccc1. The van der Waals surface area contributed by atoms with Crippen molar-refractivity contribution in [1.82, 2.24) is 3.97 Å². The number of fused-ring (bicyclic) bond motifs is 1. The van der Waals surface area contributed by atoms with Gasteiger partial charge in [0.25, 0.3) is 10.0 Å². The molecule has 21 heavy (non-hydrogen) atoms. The number of benzene rings is 2. The summed E-state index contributed by atoms with van der Waals surface area (Å²) in [5, 5.41) is 0.484. The fraction of sp³-hybridized carbons (Fsp3) is 0. The van der Waals surface area contributed by atoms with Crippen molar-refractivity contribution in [2.24, 2.45) is 0 Å². The van der Waals surface area contributed by atoms with Gasteiger partial charge in [-0.05, 0) is 36.4 Å². The number of carbonyl (C=O) groups is 1. The third kappa shape index (κ3) is 2.13. The maximum absolute atomic E-state index is 13.4. The summed E-state index contributed by atoms with van der Waals surface area (Å²) in [7, 11) is -3.96. The molecule has 3 rings (SSSR count). The molecule has 0 fully saturated rings. The normalized spacial score (nSPS) is 11.7. The maximum Gasteiger partial charge on any atom is 0.268 e. The first-order valence-corrected chi connectivity index (χ1v) is 7.55. The second-order valence-electron chi connectivity index (χ2n) is 4.47. The van der Waals surface area contributed by atoms with Crippen LogP contribution < -0.4 is 0 Å². The fourth-order valence-electron chi connectivity index (χ4n) is 2.22. The van der Waals surface area contributed by atoms with Crippen LogP contribution in [-0.2, 0) is 10.0 Å². The number of halogens is 1. The van der Waals surface area contributed by atoms with Crippen LogP contribution in [-0.4, -0.2) is 18.7 Å². The molecule has 0 aliphatic heterocycles. The van der Waals surface area contributed by atoms with E-state index in [2.05, 4.69) is 0 Å². The molecule has 0 N–H and O–H groups in total. The lowest BCUT2D eigenvalue weighted by atomic mass is 10.2. The lowest BCUT2D eigenvalue weighted by molar-refractivity contribution is 0.111. The van der Waals surface area contributed by atoms with Crippen molar-refractivity contribution in [2.75, 3.05) is 0 Å². The first-order valence-electron chi connectivity index (χ1n) is 6.11. The first-order chi connectivity index (χ1) is 10.0. The minimum atomic E-state index is -3.96. The number of hydrogen-bond donors (Lipinski definition) is 0. The second-order valence-corrected chi connectivity index (χ2v) is 6.26. The van der Waals surface area contributed by atoms with Crippen LogP contribution in [0.3, 0.4) is 0 Å². The third-order valence-electron chi connectivity index (χ3n) is 3.15. The molecule has 0 aliphatic carbocycles. The van der Waals surface area contributed by atoms with E-state index >= 15 is 0 Å². The van der Waals surface area contributed by atoms with E-state index in [9.17, 15) is 17.6 Å². The van der Waals surface area contributed by atoms with E-state index in [0.717, 1.165) is 10.0 Å². The Bertz CT molecular complexity index is 930. The fourth-order valence-corrected chi connectivity index (χ4v) is 3.72. The second kappa shape index (κ2) is 4.82. The number of hydrogen-bond acceptors (Lipinski definition) is 3. The van der Waals surface area contributed by atoms with Gasteiger partial charge in [-0.2, -0.15) is 0 Å². The molecule has 106 valence electrons. The predicted octanol–water partition coefficient (Wildman–Crippen LogP) is 2.83. The van der Waals surface area contributed by atoms with Gasteiger partial charge in [-0.15, -0.1) is 0 Å². The van der Waals surface area contributed by atoms with Gasteiger partial charge in [0, 0.05) is 5.39 Å². The Morgan fingerprint density at radius 1 is 1.00 bits per heavy atom. The van der Waals surface area contributed by atoms with Gasteiger partial charge in [0.15, 0.2) is 6.29 Å². The summed E-state index contributed by atoms with van der Waals surface area (Å²) < 4.78 is 39.7. The van der Waals surface area contributed by atoms with Crippen LogP contribution in [0, 0.1) is 5.82 Å². The van der Waals surface area contributed by atoms with Gasteiger partial charge in [-0.25, -0.2) is 16.8 Å². The van der Waals surface area contributed by atoms with Gasteiger partial charge in [0.05, 0.1) is 16.1 Å². The Balaban J connectivity index is 2.38. The van der Waals surface area contributed by atoms with E-state index in [-0.39, 0.29) is 16.1 Å². The van der Waals surface area contributed by atoms with Gasteiger partial charge in [-0.1, -0.05) is 18.2 Å². The monoisotopic (exact) mass is 303 g/mol. The highest BCUT2D eigenvalue weighted by atomic mass is 32.2. The van der Waals surface area contributed by atoms with Gasteiger partial charge < -0.3 is 0 Å². The van der Waals surface area contributed by atoms with E-state index in [4.69, 9.17) is 0 Å². The van der Waals surface area contributed by atoms with Crippen LogP contribution in [0.25, 0.3) is 10.9 Å². The maximum atomic E-state index is 13.4. The molecule has 6 heteroatoms. The average molecular weight is 303 g/mol. The number of carbonyl (C=O) groups excluding carboxylic acids is 1. The van der Waals surface area contributed by atoms with Crippen molar-refractivity contribution < 1.29 is 17.6 Å². The molecule has 0 amide bonds. The van der Waals surface area contributed by atoms with Gasteiger partial charge in [-0.3, -0.25) is 4.79 Å². The summed E-state index contributed by atoms with van der Waals surface area (Å²) in [4.78, 5) is 11.2. The van der Waals surface area contributed by atoms with Gasteiger partial charge in [0.1, 0.15) is 5.82 Å². The number of aromatic nitrogens is 1. The summed E-state index contributed by atoms with van der Waals surface area (Å²) >= 11 is 0. The van der Waals surface area contributed by atoms with Crippen molar-refractivity contribution >= 4 is 27.2 Å². The van der Waals surface area contributed by atoms with Crippen molar-refractivity contribution in [3.05, 3.63) is 66.1 Å². The van der Waals surface area contributed by atoms with E-state index in [1.807, 2.05) is 0 Å². The third-order valence-corrected chi connectivity index (χ3v) is 4.91. The Morgan fingerprint density at radius 3 is 2.38 bits per heavy atom. The Hall–Kier alpha value is -2.47. The van der Waals surface area contributed by atoms with Crippen LogP contribution in [0.2, 0.25) is 0 Å². The molecular weight excluding hydrogens is 293 g/mol. The molecule has 1 aromatic heterocycles. The molecule has 0 unspecified atom stereocenters. The molecule has 0 saturated heterocycles. The number of aldehydes is 1. The Kier molecular flexibility index (Phi) is 3.10. The molecule has 0 bridgehead atoms. The molecule has 0 saturated carbocycles. The largest absolute Gasteiger partial charge is 0.296 e. The first kappa shape index (κ1) is 13.5. The van der Waals surface area contributed by atoms with Gasteiger partial charge in [0.2, 0.25) is 0 Å². The van der Waals surface area contributed by atoms with Gasteiger partial charge >= 0.3 is 0 Å². The molecule has 1 heterocycles. The van der Waals surface area contributed by atoms with E-state index in [1.54, 1.807) is 18.2 Å². The Labute approximate surface area is 120 Å². The van der Waals surface area contributed by atoms with Crippen LogP contribution >= 0.6 is 0 Å². The number of nitrogens with zero attached hydrogens (tertiary/aromatic N) is 1. The van der Waals surface area contributed by atoms with E-state index in [0.29, 0.717) is 11.7 Å². The standard InChI is InChI=1S/C15H10FNO3S/c16-12-7-6-11-8-13(10-18)17(15(11)9-12)21(19,20)14-4-2-1-3-5-14/h1-10H. The zero-order valence-electron chi connectivity index (χ0n) is 10.7. The zero-order valence-corrected chi connectivity index (χ0v) is 11.5. The molecule has 3 aromatic rings. The minimum absolute atomic E-state index is 0.0369. The molecule has 0 spiro atoms. The van der Waals surface area contributed by atoms with Crippen molar-refractivity contribution in [2.45, 2.75) is 4.90 Å². The highest BCUT2D eigenvalue weighted by molar-refractivity contribution is 7.90. The zero-order chi connectivity index (χ0) is 15.0. The molecular formula is C15H10FNO3S. The molecule has 0 atom stereocenters. The van der Waals surface area contributed by atoms with Crippen molar-refractivity contribution in [3.63, 3.8) is 0 Å². The topological polar surface area (TPSA) is 56.1 Å². The molecule has 0 aliphatic rings. The quantitative estimate of drug-likeness (QED) is 0.699. The summed E-state index contributed by atoms with van der Waals surface area (Å²) in [6.45, 7) is 0. The lowest BCUT2D eigenvalue weighted by Crippen LogP contribution is -2.15. The van der Waals surface area contributed by atoms with Crippen molar-refractivity contribution in [3.8, 4) is 0 Å². The summed E-state index contributed by atoms with van der Waals surface area (Å²) in [6.07, 6.45) is 0.443. The Morgan fingerprint density at radius 2 is 1.71 bits per heavy atom. The van der Waals surface area contributed by atoms with E-state index in [1.165, 1.54) is 30.3 Å². The van der Waals surface area contributed by atoms with Crippen molar-refractivity contribution in [1.29, 1.82) is 0 Å². The number of rotatable bonds is 3. The van der Waals surface area contributed by atoms with Crippen LogP contribution in [0.1, 0.15) is 10.5 Å². The summed E-state index contributed by atoms with van der Waals surface area (Å²) in [5.41, 5.74) is 0.0976. The molecule has 4 nitrogen and oxygen atoms in total. The summed E-state index contributed by atoms with van der Waals surface area (Å²) in [6, 6.07) is 12.9. The molecule has 2 aromatic carbocycles. The van der Waals surface area contributed by atoms with Crippen LogP contribution in [0.4, 0.5) is 4.39 Å². The smallest absolute Gasteiger partial charge is 0.268 e. The highest BCUT2D eigenvalue weighted by Crippen LogP contribution is 2.25.